The van der Waals surface area contributed by atoms with Gasteiger partial charge in [0.15, 0.2) is 0 Å². The van der Waals surface area contributed by atoms with Crippen molar-refractivity contribution in [3.05, 3.63) is 62.8 Å². The summed E-state index contributed by atoms with van der Waals surface area (Å²) in [5, 5.41) is 3.79. The number of halogens is 1. The van der Waals surface area contributed by atoms with Crippen LogP contribution in [0, 0.1) is 6.92 Å². The molecule has 1 N–H and O–H groups in total. The second-order valence-corrected chi connectivity index (χ2v) is 8.16. The number of rotatable bonds is 5. The molecule has 3 nitrogen and oxygen atoms in total. The fraction of sp³-hybridized carbons (Fsp3) is 0.350. The standard InChI is InChI=1S/C20H22ClNO2S/c1-15-5-6-18(25-15)7-8-19(23)22-14-20(9-11-24-12-10-20)16-3-2-4-17(21)13-16/h2-8,13H,9-12,14H2,1H3,(H,22,23)/b8-7+. The first kappa shape index (κ1) is 18.2. The third kappa shape index (κ3) is 4.72. The average molecular weight is 376 g/mol. The van der Waals surface area contributed by atoms with Crippen LogP contribution in [0.15, 0.2) is 42.5 Å². The number of amides is 1. The summed E-state index contributed by atoms with van der Waals surface area (Å²) in [5.41, 5.74) is 1.05. The molecule has 0 atom stereocenters. The fourth-order valence-electron chi connectivity index (χ4n) is 3.16. The zero-order valence-electron chi connectivity index (χ0n) is 14.3. The van der Waals surface area contributed by atoms with E-state index in [1.807, 2.05) is 30.3 Å². The Morgan fingerprint density at radius 3 is 2.80 bits per heavy atom. The van der Waals surface area contributed by atoms with Crippen LogP contribution in [0.5, 0.6) is 0 Å². The topological polar surface area (TPSA) is 38.3 Å². The van der Waals surface area contributed by atoms with E-state index in [-0.39, 0.29) is 11.3 Å². The number of aryl methyl sites for hydroxylation is 1. The minimum atomic E-state index is -0.119. The van der Waals surface area contributed by atoms with E-state index in [1.165, 1.54) is 10.4 Å². The summed E-state index contributed by atoms with van der Waals surface area (Å²) in [6.07, 6.45) is 5.22. The van der Waals surface area contributed by atoms with E-state index in [4.69, 9.17) is 16.3 Å². The van der Waals surface area contributed by atoms with Crippen LogP contribution in [0.4, 0.5) is 0 Å². The average Bonchev–Trinajstić information content (AvgIpc) is 3.04. The summed E-state index contributed by atoms with van der Waals surface area (Å²) in [7, 11) is 0. The second-order valence-electron chi connectivity index (χ2n) is 6.40. The number of hydrogen-bond acceptors (Lipinski definition) is 3. The Labute approximate surface area is 157 Å². The van der Waals surface area contributed by atoms with Crippen LogP contribution in [-0.2, 0) is 14.9 Å². The van der Waals surface area contributed by atoms with Crippen LogP contribution in [0.25, 0.3) is 6.08 Å². The highest BCUT2D eigenvalue weighted by atomic mass is 35.5. The van der Waals surface area contributed by atoms with E-state index in [1.54, 1.807) is 17.4 Å². The van der Waals surface area contributed by atoms with Gasteiger partial charge in [-0.3, -0.25) is 4.79 Å². The maximum Gasteiger partial charge on any atom is 0.244 e. The summed E-state index contributed by atoms with van der Waals surface area (Å²) in [5.74, 6) is -0.0704. The van der Waals surface area contributed by atoms with Gasteiger partial charge in [-0.05, 0) is 55.7 Å². The van der Waals surface area contributed by atoms with Crippen molar-refractivity contribution in [3.8, 4) is 0 Å². The molecule has 0 radical (unpaired) electrons. The van der Waals surface area contributed by atoms with Crippen molar-refractivity contribution in [2.24, 2.45) is 0 Å². The molecule has 0 spiro atoms. The first-order valence-electron chi connectivity index (χ1n) is 8.44. The monoisotopic (exact) mass is 375 g/mol. The lowest BCUT2D eigenvalue weighted by Gasteiger charge is -2.38. The van der Waals surface area contributed by atoms with Gasteiger partial charge in [0.2, 0.25) is 5.91 Å². The molecule has 2 aromatic rings. The van der Waals surface area contributed by atoms with Crippen molar-refractivity contribution in [2.45, 2.75) is 25.2 Å². The van der Waals surface area contributed by atoms with E-state index in [0.29, 0.717) is 19.8 Å². The molecule has 1 aromatic heterocycles. The molecular weight excluding hydrogens is 354 g/mol. The second kappa shape index (κ2) is 8.17. The normalized spacial score (nSPS) is 16.9. The molecule has 1 aromatic carbocycles. The minimum absolute atomic E-state index is 0.0704. The smallest absolute Gasteiger partial charge is 0.244 e. The minimum Gasteiger partial charge on any atom is -0.381 e. The first-order chi connectivity index (χ1) is 12.1. The zero-order chi connectivity index (χ0) is 17.7. The lowest BCUT2D eigenvalue weighted by molar-refractivity contribution is -0.116. The molecular formula is C20H22ClNO2S. The van der Waals surface area contributed by atoms with Crippen LogP contribution in [-0.4, -0.2) is 25.7 Å². The number of hydrogen-bond donors (Lipinski definition) is 1. The van der Waals surface area contributed by atoms with Crippen LogP contribution < -0.4 is 5.32 Å². The highest BCUT2D eigenvalue weighted by molar-refractivity contribution is 7.12. The molecule has 25 heavy (non-hydrogen) atoms. The van der Waals surface area contributed by atoms with Gasteiger partial charge in [-0.1, -0.05) is 23.7 Å². The highest BCUT2D eigenvalue weighted by Crippen LogP contribution is 2.35. The largest absolute Gasteiger partial charge is 0.381 e. The van der Waals surface area contributed by atoms with Gasteiger partial charge in [0.1, 0.15) is 0 Å². The van der Waals surface area contributed by atoms with Crippen LogP contribution in [0.2, 0.25) is 5.02 Å². The van der Waals surface area contributed by atoms with Gasteiger partial charge in [-0.25, -0.2) is 0 Å². The molecule has 1 amide bonds. The van der Waals surface area contributed by atoms with Crippen molar-refractivity contribution in [2.75, 3.05) is 19.8 Å². The van der Waals surface area contributed by atoms with Gasteiger partial charge in [0.05, 0.1) is 0 Å². The summed E-state index contributed by atoms with van der Waals surface area (Å²) < 4.78 is 5.53. The first-order valence-corrected chi connectivity index (χ1v) is 9.63. The quantitative estimate of drug-likeness (QED) is 0.776. The van der Waals surface area contributed by atoms with Gasteiger partial charge in [0, 0.05) is 46.0 Å². The van der Waals surface area contributed by atoms with Gasteiger partial charge >= 0.3 is 0 Å². The summed E-state index contributed by atoms with van der Waals surface area (Å²) in [6.45, 7) is 4.05. The Balaban J connectivity index is 1.68. The van der Waals surface area contributed by atoms with Gasteiger partial charge in [0.25, 0.3) is 0 Å². The maximum absolute atomic E-state index is 12.3. The van der Waals surface area contributed by atoms with Crippen LogP contribution in [0.1, 0.15) is 28.2 Å². The van der Waals surface area contributed by atoms with E-state index >= 15 is 0 Å². The molecule has 132 valence electrons. The SMILES string of the molecule is Cc1ccc(/C=C/C(=O)NCC2(c3cccc(Cl)c3)CCOCC2)s1. The Bertz CT molecular complexity index is 763. The summed E-state index contributed by atoms with van der Waals surface area (Å²) >= 11 is 7.86. The Hall–Kier alpha value is -1.62. The molecule has 0 bridgehead atoms. The number of nitrogens with one attached hydrogen (secondary N) is 1. The third-order valence-corrected chi connectivity index (χ3v) is 5.85. The molecule has 3 rings (SSSR count). The summed E-state index contributed by atoms with van der Waals surface area (Å²) in [6, 6.07) is 12.0. The maximum atomic E-state index is 12.3. The van der Waals surface area contributed by atoms with Crippen molar-refractivity contribution in [1.82, 2.24) is 5.32 Å². The van der Waals surface area contributed by atoms with E-state index in [2.05, 4.69) is 24.4 Å². The lowest BCUT2D eigenvalue weighted by atomic mass is 9.74. The molecule has 5 heteroatoms. The van der Waals surface area contributed by atoms with E-state index in [0.717, 1.165) is 22.7 Å². The molecule has 0 aliphatic carbocycles. The number of carbonyl (C=O) groups excluding carboxylic acids is 1. The zero-order valence-corrected chi connectivity index (χ0v) is 15.8. The van der Waals surface area contributed by atoms with E-state index < -0.39 is 0 Å². The number of thiophene rings is 1. The van der Waals surface area contributed by atoms with Crippen molar-refractivity contribution >= 4 is 34.9 Å². The third-order valence-electron chi connectivity index (χ3n) is 4.65. The molecule has 1 aliphatic rings. The van der Waals surface area contributed by atoms with E-state index in [9.17, 15) is 4.79 Å². The predicted octanol–water partition coefficient (Wildman–Crippen LogP) is 4.59. The number of ether oxygens (including phenoxy) is 1. The van der Waals surface area contributed by atoms with Gasteiger partial charge in [-0.15, -0.1) is 11.3 Å². The van der Waals surface area contributed by atoms with Crippen molar-refractivity contribution < 1.29 is 9.53 Å². The molecule has 1 saturated heterocycles. The lowest BCUT2D eigenvalue weighted by Crippen LogP contribution is -2.44. The molecule has 2 heterocycles. The molecule has 1 aliphatic heterocycles. The molecule has 0 unspecified atom stereocenters. The Kier molecular flexibility index (Phi) is 5.94. The van der Waals surface area contributed by atoms with Crippen LogP contribution in [0.3, 0.4) is 0 Å². The van der Waals surface area contributed by atoms with Gasteiger partial charge in [-0.2, -0.15) is 0 Å². The van der Waals surface area contributed by atoms with Crippen molar-refractivity contribution in [1.29, 1.82) is 0 Å². The summed E-state index contributed by atoms with van der Waals surface area (Å²) in [4.78, 5) is 14.6. The molecule has 0 saturated carbocycles. The fourth-order valence-corrected chi connectivity index (χ4v) is 4.13. The predicted molar refractivity (Wildman–Crippen MR) is 104 cm³/mol. The Morgan fingerprint density at radius 2 is 2.12 bits per heavy atom. The van der Waals surface area contributed by atoms with Crippen molar-refractivity contribution in [3.63, 3.8) is 0 Å². The number of benzene rings is 1. The highest BCUT2D eigenvalue weighted by Gasteiger charge is 2.34. The molecule has 1 fully saturated rings. The van der Waals surface area contributed by atoms with Gasteiger partial charge < -0.3 is 10.1 Å². The van der Waals surface area contributed by atoms with Crippen LogP contribution >= 0.6 is 22.9 Å². The number of carbonyl (C=O) groups is 1. The Morgan fingerprint density at radius 1 is 1.32 bits per heavy atom.